The smallest absolute Gasteiger partial charge is 0.245 e. The van der Waals surface area contributed by atoms with E-state index in [0.717, 1.165) is 5.56 Å². The van der Waals surface area contributed by atoms with Gasteiger partial charge in [-0.05, 0) is 19.0 Å². The van der Waals surface area contributed by atoms with Crippen LogP contribution in [-0.2, 0) is 16.1 Å². The Balaban J connectivity index is 1.84. The van der Waals surface area contributed by atoms with E-state index in [0.29, 0.717) is 32.5 Å². The highest BCUT2D eigenvalue weighted by atomic mass is 16.2. The number of nitrogens with zero attached hydrogens (tertiary/aromatic N) is 1. The van der Waals surface area contributed by atoms with E-state index < -0.39 is 0 Å². The topological polar surface area (TPSA) is 61.4 Å². The lowest BCUT2D eigenvalue weighted by Crippen LogP contribution is -2.41. The third-order valence-corrected chi connectivity index (χ3v) is 3.45. The Labute approximate surface area is 119 Å². The van der Waals surface area contributed by atoms with Gasteiger partial charge in [0.1, 0.15) is 6.04 Å². The summed E-state index contributed by atoms with van der Waals surface area (Å²) < 4.78 is 0. The molecule has 1 aromatic rings. The van der Waals surface area contributed by atoms with Crippen molar-refractivity contribution in [1.82, 2.24) is 15.5 Å². The van der Waals surface area contributed by atoms with E-state index in [1.165, 1.54) is 0 Å². The largest absolute Gasteiger partial charge is 0.344 e. The summed E-state index contributed by atoms with van der Waals surface area (Å²) in [6.07, 6.45) is 1.09. The van der Waals surface area contributed by atoms with Crippen LogP contribution in [0.25, 0.3) is 0 Å². The number of amides is 2. The first-order valence-corrected chi connectivity index (χ1v) is 6.97. The van der Waals surface area contributed by atoms with Gasteiger partial charge in [0.05, 0.1) is 0 Å². The molecule has 2 rings (SSSR count). The van der Waals surface area contributed by atoms with E-state index in [2.05, 4.69) is 10.6 Å². The van der Waals surface area contributed by atoms with Gasteiger partial charge in [0, 0.05) is 26.1 Å². The molecule has 0 spiro atoms. The lowest BCUT2D eigenvalue weighted by atomic mass is 10.2. The fraction of sp³-hybridized carbons (Fsp3) is 0.467. The van der Waals surface area contributed by atoms with E-state index in [1.807, 2.05) is 30.3 Å². The summed E-state index contributed by atoms with van der Waals surface area (Å²) in [5.41, 5.74) is 1.11. The third-order valence-electron chi connectivity index (χ3n) is 3.45. The van der Waals surface area contributed by atoms with E-state index in [9.17, 15) is 9.59 Å². The molecular weight excluding hydrogens is 254 g/mol. The Morgan fingerprint density at radius 1 is 1.35 bits per heavy atom. The normalized spacial score (nSPS) is 18.4. The van der Waals surface area contributed by atoms with Gasteiger partial charge in [-0.1, -0.05) is 30.3 Å². The number of carbonyl (C=O) groups is 2. The minimum Gasteiger partial charge on any atom is -0.344 e. The Morgan fingerprint density at radius 3 is 2.80 bits per heavy atom. The van der Waals surface area contributed by atoms with Gasteiger partial charge < -0.3 is 15.5 Å². The second kappa shape index (κ2) is 7.05. The molecule has 5 heteroatoms. The first kappa shape index (κ1) is 14.5. The van der Waals surface area contributed by atoms with Gasteiger partial charge in [0.2, 0.25) is 11.8 Å². The van der Waals surface area contributed by atoms with E-state index >= 15 is 0 Å². The van der Waals surface area contributed by atoms with Crippen LogP contribution in [-0.4, -0.2) is 42.9 Å². The van der Waals surface area contributed by atoms with Crippen molar-refractivity contribution >= 4 is 11.8 Å². The van der Waals surface area contributed by atoms with Gasteiger partial charge in [0.25, 0.3) is 0 Å². The number of hydrogen-bond acceptors (Lipinski definition) is 3. The zero-order chi connectivity index (χ0) is 14.4. The quantitative estimate of drug-likeness (QED) is 0.795. The number of hydrogen-bond donors (Lipinski definition) is 2. The predicted octanol–water partition coefficient (Wildman–Crippen LogP) is 0.513. The zero-order valence-electron chi connectivity index (χ0n) is 11.8. The lowest BCUT2D eigenvalue weighted by molar-refractivity contribution is -0.133. The van der Waals surface area contributed by atoms with Crippen LogP contribution in [0.3, 0.4) is 0 Å². The third kappa shape index (κ3) is 3.81. The molecule has 0 radical (unpaired) electrons. The second-order valence-electron chi connectivity index (χ2n) is 5.01. The molecule has 1 aromatic carbocycles. The van der Waals surface area contributed by atoms with Crippen LogP contribution in [0.5, 0.6) is 0 Å². The minimum atomic E-state index is -0.358. The molecule has 20 heavy (non-hydrogen) atoms. The average molecular weight is 275 g/mol. The summed E-state index contributed by atoms with van der Waals surface area (Å²) in [5, 5.41) is 5.73. The van der Waals surface area contributed by atoms with Crippen LogP contribution < -0.4 is 10.6 Å². The summed E-state index contributed by atoms with van der Waals surface area (Å²) >= 11 is 0. The lowest BCUT2D eigenvalue weighted by Gasteiger charge is -2.17. The Morgan fingerprint density at radius 2 is 2.10 bits per heavy atom. The van der Waals surface area contributed by atoms with Crippen LogP contribution in [0.15, 0.2) is 30.3 Å². The standard InChI is InChI=1S/C15H21N3O2/c1-16-9-7-14(19)17-13-8-10-18(15(13)20)11-12-5-3-2-4-6-12/h2-6,13,16H,7-11H2,1H3,(H,17,19). The van der Waals surface area contributed by atoms with Gasteiger partial charge in [-0.25, -0.2) is 0 Å². The van der Waals surface area contributed by atoms with Crippen LogP contribution in [0.1, 0.15) is 18.4 Å². The van der Waals surface area contributed by atoms with E-state index in [-0.39, 0.29) is 17.9 Å². The highest BCUT2D eigenvalue weighted by molar-refractivity contribution is 5.89. The molecule has 5 nitrogen and oxygen atoms in total. The van der Waals surface area contributed by atoms with Crippen LogP contribution in [0.4, 0.5) is 0 Å². The maximum absolute atomic E-state index is 12.2. The number of rotatable bonds is 6. The summed E-state index contributed by atoms with van der Waals surface area (Å²) in [4.78, 5) is 25.7. The van der Waals surface area contributed by atoms with Crippen molar-refractivity contribution in [3.8, 4) is 0 Å². The molecule has 1 fully saturated rings. The van der Waals surface area contributed by atoms with Crippen LogP contribution >= 0.6 is 0 Å². The summed E-state index contributed by atoms with van der Waals surface area (Å²) in [6, 6.07) is 9.54. The molecule has 0 aliphatic carbocycles. The minimum absolute atomic E-state index is 0.0201. The van der Waals surface area contributed by atoms with Crippen molar-refractivity contribution in [3.05, 3.63) is 35.9 Å². The molecule has 0 aromatic heterocycles. The van der Waals surface area contributed by atoms with Crippen LogP contribution in [0.2, 0.25) is 0 Å². The number of nitrogens with one attached hydrogen (secondary N) is 2. The monoisotopic (exact) mass is 275 g/mol. The van der Waals surface area contributed by atoms with Crippen molar-refractivity contribution in [1.29, 1.82) is 0 Å². The van der Waals surface area contributed by atoms with Crippen molar-refractivity contribution in [2.75, 3.05) is 20.1 Å². The van der Waals surface area contributed by atoms with Gasteiger partial charge in [-0.3, -0.25) is 9.59 Å². The molecule has 0 saturated carbocycles. The summed E-state index contributed by atoms with van der Waals surface area (Å²) in [7, 11) is 1.80. The Kier molecular flexibility index (Phi) is 5.12. The molecule has 0 bridgehead atoms. The maximum atomic E-state index is 12.2. The van der Waals surface area contributed by atoms with Crippen molar-refractivity contribution in [3.63, 3.8) is 0 Å². The summed E-state index contributed by atoms with van der Waals surface area (Å²) in [5.74, 6) is -0.0501. The molecule has 1 atom stereocenters. The average Bonchev–Trinajstić information content (AvgIpc) is 2.79. The second-order valence-corrected chi connectivity index (χ2v) is 5.01. The first-order valence-electron chi connectivity index (χ1n) is 6.97. The molecule has 1 saturated heterocycles. The molecule has 1 heterocycles. The fourth-order valence-electron chi connectivity index (χ4n) is 2.34. The molecule has 1 aliphatic heterocycles. The van der Waals surface area contributed by atoms with Crippen LogP contribution in [0, 0.1) is 0 Å². The van der Waals surface area contributed by atoms with Gasteiger partial charge in [-0.2, -0.15) is 0 Å². The molecule has 108 valence electrons. The molecular formula is C15H21N3O2. The summed E-state index contributed by atoms with van der Waals surface area (Å²) in [6.45, 7) is 1.94. The maximum Gasteiger partial charge on any atom is 0.245 e. The molecule has 2 amide bonds. The van der Waals surface area contributed by atoms with E-state index in [1.54, 1.807) is 11.9 Å². The van der Waals surface area contributed by atoms with Gasteiger partial charge >= 0.3 is 0 Å². The number of carbonyl (C=O) groups excluding carboxylic acids is 2. The van der Waals surface area contributed by atoms with E-state index in [4.69, 9.17) is 0 Å². The molecule has 1 aliphatic rings. The first-order chi connectivity index (χ1) is 9.70. The molecule has 2 N–H and O–H groups in total. The molecule has 1 unspecified atom stereocenters. The van der Waals surface area contributed by atoms with Crippen molar-refractivity contribution in [2.45, 2.75) is 25.4 Å². The zero-order valence-corrected chi connectivity index (χ0v) is 11.8. The Bertz CT molecular complexity index is 461. The Hall–Kier alpha value is -1.88. The highest BCUT2D eigenvalue weighted by Crippen LogP contribution is 2.15. The highest BCUT2D eigenvalue weighted by Gasteiger charge is 2.32. The van der Waals surface area contributed by atoms with Gasteiger partial charge in [-0.15, -0.1) is 0 Å². The number of likely N-dealkylation sites (tertiary alicyclic amines) is 1. The van der Waals surface area contributed by atoms with Crippen molar-refractivity contribution < 1.29 is 9.59 Å². The SMILES string of the molecule is CNCCC(=O)NC1CCN(Cc2ccccc2)C1=O. The predicted molar refractivity (Wildman–Crippen MR) is 77.0 cm³/mol. The van der Waals surface area contributed by atoms with Gasteiger partial charge in [0.15, 0.2) is 0 Å². The fourth-order valence-corrected chi connectivity index (χ4v) is 2.34. The van der Waals surface area contributed by atoms with Crippen molar-refractivity contribution in [2.24, 2.45) is 0 Å². The number of benzene rings is 1.